The molecule has 1 aromatic carbocycles. The van der Waals surface area contributed by atoms with Gasteiger partial charge in [-0.05, 0) is 42.7 Å². The van der Waals surface area contributed by atoms with Gasteiger partial charge in [0.25, 0.3) is 0 Å². The van der Waals surface area contributed by atoms with Crippen molar-refractivity contribution in [1.29, 1.82) is 0 Å². The number of anilines is 2. The molecule has 0 atom stereocenters. The number of carbonyl (C=O) groups excluding carboxylic acids is 1. The molecule has 0 aliphatic carbocycles. The van der Waals surface area contributed by atoms with E-state index in [0.29, 0.717) is 5.69 Å². The van der Waals surface area contributed by atoms with Crippen LogP contribution in [-0.2, 0) is 6.42 Å². The van der Waals surface area contributed by atoms with Crippen molar-refractivity contribution < 1.29 is 4.79 Å². The van der Waals surface area contributed by atoms with E-state index in [1.807, 2.05) is 13.0 Å². The highest BCUT2D eigenvalue weighted by Gasteiger charge is 2.24. The highest BCUT2D eigenvalue weighted by atomic mass is 16.2. The average Bonchev–Trinajstić information content (AvgIpc) is 2.82. The second-order valence-corrected chi connectivity index (χ2v) is 4.71. The molecule has 0 saturated heterocycles. The predicted octanol–water partition coefficient (Wildman–Crippen LogP) is 2.98. The molecule has 4 nitrogen and oxygen atoms in total. The lowest BCUT2D eigenvalue weighted by molar-refractivity contribution is 0.257. The number of nitrogens with one attached hydrogen (secondary N) is 1. The highest BCUT2D eigenvalue weighted by Crippen LogP contribution is 2.29. The number of rotatable bonds is 1. The number of pyridine rings is 1. The maximum absolute atomic E-state index is 12.3. The zero-order chi connectivity index (χ0) is 13.2. The van der Waals surface area contributed by atoms with Crippen LogP contribution in [0.1, 0.15) is 11.1 Å². The molecule has 1 aliphatic rings. The van der Waals surface area contributed by atoms with Crippen molar-refractivity contribution in [1.82, 2.24) is 4.98 Å². The van der Waals surface area contributed by atoms with E-state index in [4.69, 9.17) is 0 Å². The highest BCUT2D eigenvalue weighted by molar-refractivity contribution is 6.03. The average molecular weight is 253 g/mol. The maximum atomic E-state index is 12.3. The van der Waals surface area contributed by atoms with Crippen molar-refractivity contribution in [3.8, 4) is 0 Å². The van der Waals surface area contributed by atoms with Crippen LogP contribution in [-0.4, -0.2) is 17.6 Å². The van der Waals surface area contributed by atoms with E-state index >= 15 is 0 Å². The topological polar surface area (TPSA) is 45.2 Å². The Bertz CT molecular complexity index is 610. The molecule has 0 fully saturated rings. The molecule has 2 heterocycles. The molecule has 2 aromatic rings. The standard InChI is InChI=1S/C15H15N3O/c1-11-4-5-12-6-8-18(14(12)9-11)15(19)17-13-3-2-7-16-10-13/h2-5,7,9-10H,6,8H2,1H3,(H,17,19). The lowest BCUT2D eigenvalue weighted by Crippen LogP contribution is -2.33. The molecule has 0 saturated carbocycles. The van der Waals surface area contributed by atoms with Crippen molar-refractivity contribution in [3.05, 3.63) is 53.9 Å². The Morgan fingerprint density at radius 1 is 1.37 bits per heavy atom. The third-order valence-electron chi connectivity index (χ3n) is 3.29. The fourth-order valence-corrected chi connectivity index (χ4v) is 2.33. The van der Waals surface area contributed by atoms with Gasteiger partial charge in [0.1, 0.15) is 0 Å². The molecule has 4 heteroatoms. The van der Waals surface area contributed by atoms with Gasteiger partial charge >= 0.3 is 6.03 Å². The first-order valence-corrected chi connectivity index (χ1v) is 6.32. The molecule has 3 rings (SSSR count). The van der Waals surface area contributed by atoms with Gasteiger partial charge in [-0.25, -0.2) is 4.79 Å². The van der Waals surface area contributed by atoms with Gasteiger partial charge in [-0.1, -0.05) is 12.1 Å². The van der Waals surface area contributed by atoms with Crippen molar-refractivity contribution in [2.75, 3.05) is 16.8 Å². The van der Waals surface area contributed by atoms with Gasteiger partial charge in [-0.3, -0.25) is 9.88 Å². The SMILES string of the molecule is Cc1ccc2c(c1)N(C(=O)Nc1cccnc1)CC2. The van der Waals surface area contributed by atoms with Crippen LogP contribution in [0.3, 0.4) is 0 Å². The fourth-order valence-electron chi connectivity index (χ4n) is 2.33. The number of hydrogen-bond donors (Lipinski definition) is 1. The molecule has 0 radical (unpaired) electrons. The van der Waals surface area contributed by atoms with Gasteiger partial charge < -0.3 is 5.32 Å². The van der Waals surface area contributed by atoms with E-state index in [1.54, 1.807) is 23.4 Å². The summed E-state index contributed by atoms with van der Waals surface area (Å²) >= 11 is 0. The number of aryl methyl sites for hydroxylation is 1. The lowest BCUT2D eigenvalue weighted by atomic mass is 10.1. The Hall–Kier alpha value is -2.36. The minimum absolute atomic E-state index is 0.0997. The molecule has 19 heavy (non-hydrogen) atoms. The van der Waals surface area contributed by atoms with E-state index in [0.717, 1.165) is 18.7 Å². The van der Waals surface area contributed by atoms with Crippen molar-refractivity contribution >= 4 is 17.4 Å². The number of benzene rings is 1. The fraction of sp³-hybridized carbons (Fsp3) is 0.200. The summed E-state index contributed by atoms with van der Waals surface area (Å²) in [7, 11) is 0. The summed E-state index contributed by atoms with van der Waals surface area (Å²) in [4.78, 5) is 18.1. The predicted molar refractivity (Wildman–Crippen MR) is 75.5 cm³/mol. The van der Waals surface area contributed by atoms with E-state index in [1.165, 1.54) is 11.1 Å². The van der Waals surface area contributed by atoms with E-state index in [-0.39, 0.29) is 6.03 Å². The second kappa shape index (κ2) is 4.72. The van der Waals surface area contributed by atoms with Crippen LogP contribution in [0.5, 0.6) is 0 Å². The third-order valence-corrected chi connectivity index (χ3v) is 3.29. The molecule has 1 N–H and O–H groups in total. The first-order valence-electron chi connectivity index (χ1n) is 6.32. The molecule has 0 unspecified atom stereocenters. The molecule has 0 bridgehead atoms. The minimum Gasteiger partial charge on any atom is -0.306 e. The van der Waals surface area contributed by atoms with E-state index in [2.05, 4.69) is 28.5 Å². The van der Waals surface area contributed by atoms with Gasteiger partial charge in [-0.2, -0.15) is 0 Å². The van der Waals surface area contributed by atoms with E-state index in [9.17, 15) is 4.79 Å². The minimum atomic E-state index is -0.0997. The quantitative estimate of drug-likeness (QED) is 0.849. The Labute approximate surface area is 112 Å². The summed E-state index contributed by atoms with van der Waals surface area (Å²) in [6, 6.07) is 9.78. The summed E-state index contributed by atoms with van der Waals surface area (Å²) in [5, 5.41) is 2.87. The maximum Gasteiger partial charge on any atom is 0.326 e. The number of urea groups is 1. The number of fused-ring (bicyclic) bond motifs is 1. The Morgan fingerprint density at radius 2 is 2.26 bits per heavy atom. The van der Waals surface area contributed by atoms with Gasteiger partial charge in [0, 0.05) is 18.4 Å². The van der Waals surface area contributed by atoms with Crippen molar-refractivity contribution in [2.45, 2.75) is 13.3 Å². The second-order valence-electron chi connectivity index (χ2n) is 4.71. The molecule has 1 aliphatic heterocycles. The summed E-state index contributed by atoms with van der Waals surface area (Å²) in [6.45, 7) is 2.76. The normalized spacial score (nSPS) is 13.2. The Kier molecular flexibility index (Phi) is 2.91. The number of aromatic nitrogens is 1. The van der Waals surface area contributed by atoms with Gasteiger partial charge in [0.15, 0.2) is 0 Å². The van der Waals surface area contributed by atoms with Gasteiger partial charge in [0.2, 0.25) is 0 Å². The van der Waals surface area contributed by atoms with Crippen molar-refractivity contribution in [2.24, 2.45) is 0 Å². The van der Waals surface area contributed by atoms with Crippen LogP contribution in [0.4, 0.5) is 16.2 Å². The molecular weight excluding hydrogens is 238 g/mol. The van der Waals surface area contributed by atoms with E-state index < -0.39 is 0 Å². The monoisotopic (exact) mass is 253 g/mol. The van der Waals surface area contributed by atoms with Crippen LogP contribution >= 0.6 is 0 Å². The third kappa shape index (κ3) is 2.29. The number of nitrogens with zero attached hydrogens (tertiary/aromatic N) is 2. The van der Waals surface area contributed by atoms with Crippen LogP contribution in [0.15, 0.2) is 42.7 Å². The van der Waals surface area contributed by atoms with Crippen LogP contribution in [0, 0.1) is 6.92 Å². The molecular formula is C15H15N3O. The summed E-state index contributed by atoms with van der Waals surface area (Å²) < 4.78 is 0. The van der Waals surface area contributed by atoms with Gasteiger partial charge in [0.05, 0.1) is 11.9 Å². The van der Waals surface area contributed by atoms with Crippen LogP contribution in [0.25, 0.3) is 0 Å². The van der Waals surface area contributed by atoms with Crippen LogP contribution in [0.2, 0.25) is 0 Å². The number of carbonyl (C=O) groups is 1. The van der Waals surface area contributed by atoms with Crippen molar-refractivity contribution in [3.63, 3.8) is 0 Å². The first kappa shape index (κ1) is 11.7. The zero-order valence-corrected chi connectivity index (χ0v) is 10.8. The number of hydrogen-bond acceptors (Lipinski definition) is 2. The molecule has 96 valence electrons. The number of amides is 2. The molecule has 0 spiro atoms. The molecule has 1 aromatic heterocycles. The molecule has 2 amide bonds. The Morgan fingerprint density at radius 3 is 3.05 bits per heavy atom. The first-order chi connectivity index (χ1) is 9.24. The Balaban J connectivity index is 1.82. The van der Waals surface area contributed by atoms with Gasteiger partial charge in [-0.15, -0.1) is 0 Å². The smallest absolute Gasteiger partial charge is 0.306 e. The zero-order valence-electron chi connectivity index (χ0n) is 10.8. The summed E-state index contributed by atoms with van der Waals surface area (Å²) in [5.74, 6) is 0. The lowest BCUT2D eigenvalue weighted by Gasteiger charge is -2.18. The largest absolute Gasteiger partial charge is 0.326 e. The van der Waals surface area contributed by atoms with Crippen LogP contribution < -0.4 is 10.2 Å². The summed E-state index contributed by atoms with van der Waals surface area (Å²) in [5.41, 5.74) is 4.13. The summed E-state index contributed by atoms with van der Waals surface area (Å²) in [6.07, 6.45) is 4.24.